The SMILES string of the molecule is CCCNc1nc(OC2CCN(C)CC2)c2[nH]cnc2n1. The number of hydrogen-bond donors (Lipinski definition) is 2. The van der Waals surface area contributed by atoms with E-state index < -0.39 is 0 Å². The van der Waals surface area contributed by atoms with E-state index in [2.05, 4.69) is 44.1 Å². The van der Waals surface area contributed by atoms with Gasteiger partial charge in [-0.05, 0) is 26.3 Å². The molecule has 0 saturated carbocycles. The summed E-state index contributed by atoms with van der Waals surface area (Å²) in [6, 6.07) is 0. The van der Waals surface area contributed by atoms with Crippen LogP contribution in [0.25, 0.3) is 11.2 Å². The summed E-state index contributed by atoms with van der Waals surface area (Å²) in [5.41, 5.74) is 1.42. The van der Waals surface area contributed by atoms with Gasteiger partial charge in [0.15, 0.2) is 5.65 Å². The third kappa shape index (κ3) is 3.24. The molecule has 3 heterocycles. The van der Waals surface area contributed by atoms with Gasteiger partial charge in [0.25, 0.3) is 0 Å². The Morgan fingerprint density at radius 1 is 1.38 bits per heavy atom. The largest absolute Gasteiger partial charge is 0.473 e. The molecule has 2 aromatic rings. The van der Waals surface area contributed by atoms with Crippen LogP contribution in [0.4, 0.5) is 5.95 Å². The third-order valence-electron chi connectivity index (χ3n) is 3.73. The van der Waals surface area contributed by atoms with Crippen molar-refractivity contribution in [2.24, 2.45) is 0 Å². The highest BCUT2D eigenvalue weighted by Gasteiger charge is 2.21. The molecule has 2 N–H and O–H groups in total. The second-order valence-electron chi connectivity index (χ2n) is 5.50. The lowest BCUT2D eigenvalue weighted by Gasteiger charge is -2.29. The molecular formula is C14H22N6O. The molecule has 1 aliphatic rings. The van der Waals surface area contributed by atoms with Crippen LogP contribution in [0.5, 0.6) is 5.88 Å². The lowest BCUT2D eigenvalue weighted by Crippen LogP contribution is -2.35. The Kier molecular flexibility index (Phi) is 4.19. The fraction of sp³-hybridized carbons (Fsp3) is 0.643. The van der Waals surface area contributed by atoms with Crippen LogP contribution < -0.4 is 10.1 Å². The summed E-state index contributed by atoms with van der Waals surface area (Å²) in [7, 11) is 2.14. The monoisotopic (exact) mass is 290 g/mol. The minimum absolute atomic E-state index is 0.210. The molecule has 7 nitrogen and oxygen atoms in total. The van der Waals surface area contributed by atoms with Crippen LogP contribution in [0.1, 0.15) is 26.2 Å². The van der Waals surface area contributed by atoms with E-state index in [1.165, 1.54) is 0 Å². The molecule has 7 heteroatoms. The standard InChI is InChI=1S/C14H22N6O/c1-3-6-15-14-18-12-11(16-9-17-12)13(19-14)21-10-4-7-20(2)8-5-10/h9-10H,3-8H2,1-2H3,(H2,15,16,17,18,19). The number of ether oxygens (including phenoxy) is 1. The zero-order valence-electron chi connectivity index (χ0n) is 12.6. The van der Waals surface area contributed by atoms with E-state index >= 15 is 0 Å². The fourth-order valence-corrected chi connectivity index (χ4v) is 2.47. The Hall–Kier alpha value is -1.89. The van der Waals surface area contributed by atoms with Crippen LogP contribution in [-0.4, -0.2) is 57.6 Å². The molecule has 1 saturated heterocycles. The molecule has 2 aromatic heterocycles. The van der Waals surface area contributed by atoms with Crippen LogP contribution in [0, 0.1) is 0 Å². The Bertz CT molecular complexity index is 590. The van der Waals surface area contributed by atoms with Crippen molar-refractivity contribution in [3.63, 3.8) is 0 Å². The molecule has 1 fully saturated rings. The predicted octanol–water partition coefficient (Wildman–Crippen LogP) is 1.65. The zero-order valence-corrected chi connectivity index (χ0v) is 12.6. The molecule has 0 spiro atoms. The van der Waals surface area contributed by atoms with E-state index in [-0.39, 0.29) is 6.10 Å². The lowest BCUT2D eigenvalue weighted by atomic mass is 10.1. The van der Waals surface area contributed by atoms with Gasteiger partial charge in [-0.3, -0.25) is 0 Å². The molecule has 0 atom stereocenters. The molecule has 0 amide bonds. The fourth-order valence-electron chi connectivity index (χ4n) is 2.47. The first-order valence-electron chi connectivity index (χ1n) is 7.56. The number of fused-ring (bicyclic) bond motifs is 1. The van der Waals surface area contributed by atoms with Gasteiger partial charge in [0, 0.05) is 19.6 Å². The van der Waals surface area contributed by atoms with Gasteiger partial charge in [0.2, 0.25) is 11.8 Å². The maximum absolute atomic E-state index is 6.11. The van der Waals surface area contributed by atoms with Crippen molar-refractivity contribution < 1.29 is 4.74 Å². The van der Waals surface area contributed by atoms with Gasteiger partial charge in [0.05, 0.1) is 6.33 Å². The topological polar surface area (TPSA) is 79.0 Å². The van der Waals surface area contributed by atoms with Gasteiger partial charge in [-0.25, -0.2) is 4.98 Å². The first kappa shape index (κ1) is 14.1. The Morgan fingerprint density at radius 2 is 2.19 bits per heavy atom. The molecular weight excluding hydrogens is 268 g/mol. The van der Waals surface area contributed by atoms with Crippen LogP contribution in [0.2, 0.25) is 0 Å². The number of H-pyrrole nitrogens is 1. The van der Waals surface area contributed by atoms with E-state index in [1.807, 2.05) is 0 Å². The van der Waals surface area contributed by atoms with Crippen LogP contribution in [-0.2, 0) is 0 Å². The smallest absolute Gasteiger partial charge is 0.245 e. The van der Waals surface area contributed by atoms with Gasteiger partial charge >= 0.3 is 0 Å². The van der Waals surface area contributed by atoms with Gasteiger partial charge in [-0.2, -0.15) is 9.97 Å². The number of imidazole rings is 1. The zero-order chi connectivity index (χ0) is 14.7. The van der Waals surface area contributed by atoms with Crippen molar-refractivity contribution in [3.05, 3.63) is 6.33 Å². The van der Waals surface area contributed by atoms with Crippen molar-refractivity contribution in [2.45, 2.75) is 32.3 Å². The van der Waals surface area contributed by atoms with Crippen LogP contribution in [0.15, 0.2) is 6.33 Å². The summed E-state index contributed by atoms with van der Waals surface area (Å²) in [5, 5.41) is 3.20. The highest BCUT2D eigenvalue weighted by atomic mass is 16.5. The quantitative estimate of drug-likeness (QED) is 0.871. The van der Waals surface area contributed by atoms with E-state index in [0.29, 0.717) is 17.5 Å². The van der Waals surface area contributed by atoms with E-state index in [9.17, 15) is 0 Å². The molecule has 0 aliphatic carbocycles. The Balaban J connectivity index is 1.80. The summed E-state index contributed by atoms with van der Waals surface area (Å²) in [6.07, 6.45) is 4.90. The summed E-state index contributed by atoms with van der Waals surface area (Å²) < 4.78 is 6.11. The highest BCUT2D eigenvalue weighted by Crippen LogP contribution is 2.24. The summed E-state index contributed by atoms with van der Waals surface area (Å²) in [6.45, 7) is 5.06. The number of nitrogens with zero attached hydrogens (tertiary/aromatic N) is 4. The number of hydrogen-bond acceptors (Lipinski definition) is 6. The number of aromatic amines is 1. The minimum Gasteiger partial charge on any atom is -0.473 e. The summed E-state index contributed by atoms with van der Waals surface area (Å²) in [4.78, 5) is 18.5. The van der Waals surface area contributed by atoms with Crippen LogP contribution in [0.3, 0.4) is 0 Å². The number of piperidine rings is 1. The minimum atomic E-state index is 0.210. The second-order valence-corrected chi connectivity index (χ2v) is 5.50. The predicted molar refractivity (Wildman–Crippen MR) is 81.6 cm³/mol. The molecule has 0 bridgehead atoms. The Morgan fingerprint density at radius 3 is 2.95 bits per heavy atom. The molecule has 1 aliphatic heterocycles. The lowest BCUT2D eigenvalue weighted by molar-refractivity contribution is 0.111. The van der Waals surface area contributed by atoms with E-state index in [1.54, 1.807) is 6.33 Å². The number of nitrogens with one attached hydrogen (secondary N) is 2. The number of rotatable bonds is 5. The van der Waals surface area contributed by atoms with Gasteiger partial charge in [-0.15, -0.1) is 0 Å². The van der Waals surface area contributed by atoms with E-state index in [0.717, 1.165) is 44.4 Å². The van der Waals surface area contributed by atoms with Gasteiger partial charge in [0.1, 0.15) is 11.6 Å². The summed E-state index contributed by atoms with van der Waals surface area (Å²) in [5.74, 6) is 1.19. The first-order valence-corrected chi connectivity index (χ1v) is 7.56. The number of aromatic nitrogens is 4. The van der Waals surface area contributed by atoms with E-state index in [4.69, 9.17) is 4.74 Å². The maximum Gasteiger partial charge on any atom is 0.245 e. The van der Waals surface area contributed by atoms with Crippen molar-refractivity contribution >= 4 is 17.1 Å². The molecule has 0 aromatic carbocycles. The number of anilines is 1. The second kappa shape index (κ2) is 6.26. The van der Waals surface area contributed by atoms with Gasteiger partial charge < -0.3 is 19.9 Å². The Labute approximate surface area is 124 Å². The summed E-state index contributed by atoms with van der Waals surface area (Å²) >= 11 is 0. The molecule has 114 valence electrons. The molecule has 21 heavy (non-hydrogen) atoms. The van der Waals surface area contributed by atoms with Crippen molar-refractivity contribution in [2.75, 3.05) is 32.0 Å². The molecule has 0 unspecified atom stereocenters. The average molecular weight is 290 g/mol. The first-order chi connectivity index (χ1) is 10.3. The van der Waals surface area contributed by atoms with Crippen molar-refractivity contribution in [3.8, 4) is 5.88 Å². The molecule has 0 radical (unpaired) electrons. The maximum atomic E-state index is 6.11. The number of likely N-dealkylation sites (tertiary alicyclic amines) is 1. The third-order valence-corrected chi connectivity index (χ3v) is 3.73. The van der Waals surface area contributed by atoms with Crippen LogP contribution >= 0.6 is 0 Å². The molecule has 3 rings (SSSR count). The highest BCUT2D eigenvalue weighted by molar-refractivity contribution is 5.76. The average Bonchev–Trinajstić information content (AvgIpc) is 2.96. The van der Waals surface area contributed by atoms with Crippen molar-refractivity contribution in [1.82, 2.24) is 24.8 Å². The van der Waals surface area contributed by atoms with Crippen molar-refractivity contribution in [1.29, 1.82) is 0 Å². The normalized spacial score (nSPS) is 17.2. The van der Waals surface area contributed by atoms with Gasteiger partial charge in [-0.1, -0.05) is 6.92 Å².